The van der Waals surface area contributed by atoms with Gasteiger partial charge < -0.3 is 20.5 Å². The number of hydrogen-bond acceptors (Lipinski definition) is 4. The maximum absolute atomic E-state index is 11.4. The number of amides is 1. The average molecular weight is 216 g/mol. The van der Waals surface area contributed by atoms with Crippen LogP contribution in [0.1, 0.15) is 20.8 Å². The third-order valence-electron chi connectivity index (χ3n) is 2.28. The molecule has 0 spiro atoms. The Hall–Kier alpha value is -0.810. The fourth-order valence-corrected chi connectivity index (χ4v) is 1.37. The first-order valence-electron chi connectivity index (χ1n) is 5.23. The molecule has 1 atom stereocenters. The molecule has 0 bridgehead atoms. The smallest absolute Gasteiger partial charge is 0.407 e. The number of rotatable bonds is 3. The summed E-state index contributed by atoms with van der Waals surface area (Å²) in [6.07, 6.45) is -0.464. The van der Waals surface area contributed by atoms with Crippen LogP contribution in [-0.2, 0) is 4.74 Å². The third-order valence-corrected chi connectivity index (χ3v) is 2.28. The summed E-state index contributed by atoms with van der Waals surface area (Å²) in [5.41, 5.74) is -0.498. The highest BCUT2D eigenvalue weighted by Crippen LogP contribution is 2.11. The SMILES string of the molecule is CC(C)(C)OC(=O)NC(CO)C1CNC1. The van der Waals surface area contributed by atoms with Crippen LogP contribution in [-0.4, -0.2) is 42.5 Å². The van der Waals surface area contributed by atoms with Gasteiger partial charge in [0.2, 0.25) is 0 Å². The lowest BCUT2D eigenvalue weighted by Crippen LogP contribution is -2.56. The normalized spacial score (nSPS) is 19.2. The first kappa shape index (κ1) is 12.3. The van der Waals surface area contributed by atoms with Gasteiger partial charge in [-0.05, 0) is 20.8 Å². The molecule has 5 nitrogen and oxygen atoms in total. The number of carbonyl (C=O) groups excluding carboxylic acids is 1. The van der Waals surface area contributed by atoms with Crippen LogP contribution in [0.25, 0.3) is 0 Å². The topological polar surface area (TPSA) is 70.6 Å². The summed E-state index contributed by atoms with van der Waals surface area (Å²) >= 11 is 0. The molecule has 0 aromatic carbocycles. The Bertz CT molecular complexity index is 221. The molecule has 88 valence electrons. The van der Waals surface area contributed by atoms with Gasteiger partial charge in [-0.1, -0.05) is 0 Å². The molecular weight excluding hydrogens is 196 g/mol. The van der Waals surface area contributed by atoms with E-state index in [2.05, 4.69) is 10.6 Å². The molecule has 0 radical (unpaired) electrons. The van der Waals surface area contributed by atoms with E-state index in [1.54, 1.807) is 0 Å². The Balaban J connectivity index is 2.34. The predicted octanol–water partition coefficient (Wildman–Crippen LogP) is 0.0914. The summed E-state index contributed by atoms with van der Waals surface area (Å²) in [7, 11) is 0. The average Bonchev–Trinajstić information content (AvgIpc) is 1.95. The van der Waals surface area contributed by atoms with Crippen molar-refractivity contribution in [1.82, 2.24) is 10.6 Å². The molecule has 1 aliphatic heterocycles. The molecule has 0 saturated carbocycles. The van der Waals surface area contributed by atoms with Gasteiger partial charge in [0.15, 0.2) is 0 Å². The highest BCUT2D eigenvalue weighted by molar-refractivity contribution is 5.68. The minimum absolute atomic E-state index is 0.0500. The van der Waals surface area contributed by atoms with Crippen LogP contribution in [0.2, 0.25) is 0 Å². The standard InChI is InChI=1S/C10H20N2O3/c1-10(2,3)15-9(14)12-8(6-13)7-4-11-5-7/h7-8,11,13H,4-6H2,1-3H3,(H,12,14). The lowest BCUT2D eigenvalue weighted by molar-refractivity contribution is 0.0434. The number of nitrogens with one attached hydrogen (secondary N) is 2. The van der Waals surface area contributed by atoms with Gasteiger partial charge in [-0.3, -0.25) is 0 Å². The maximum Gasteiger partial charge on any atom is 0.407 e. The quantitative estimate of drug-likeness (QED) is 0.625. The second-order valence-corrected chi connectivity index (χ2v) is 4.85. The van der Waals surface area contributed by atoms with Gasteiger partial charge in [-0.15, -0.1) is 0 Å². The van der Waals surface area contributed by atoms with Crippen molar-refractivity contribution >= 4 is 6.09 Å². The van der Waals surface area contributed by atoms with Gasteiger partial charge in [0.1, 0.15) is 5.60 Å². The second-order valence-electron chi connectivity index (χ2n) is 4.85. The molecule has 1 fully saturated rings. The fraction of sp³-hybridized carbons (Fsp3) is 0.900. The molecule has 15 heavy (non-hydrogen) atoms. The van der Waals surface area contributed by atoms with Crippen molar-refractivity contribution in [2.45, 2.75) is 32.4 Å². The Kier molecular flexibility index (Phi) is 3.93. The van der Waals surface area contributed by atoms with Gasteiger partial charge in [0.05, 0.1) is 12.6 Å². The number of ether oxygens (including phenoxy) is 1. The molecule has 0 aromatic heterocycles. The van der Waals surface area contributed by atoms with Crippen molar-refractivity contribution in [3.63, 3.8) is 0 Å². The summed E-state index contributed by atoms with van der Waals surface area (Å²) in [5.74, 6) is 0.308. The van der Waals surface area contributed by atoms with E-state index in [1.807, 2.05) is 20.8 Å². The maximum atomic E-state index is 11.4. The van der Waals surface area contributed by atoms with Crippen molar-refractivity contribution in [1.29, 1.82) is 0 Å². The lowest BCUT2D eigenvalue weighted by Gasteiger charge is -2.34. The van der Waals surface area contributed by atoms with Crippen molar-refractivity contribution in [3.05, 3.63) is 0 Å². The van der Waals surface area contributed by atoms with Crippen LogP contribution in [0.5, 0.6) is 0 Å². The molecule has 1 heterocycles. The first-order valence-corrected chi connectivity index (χ1v) is 5.23. The Labute approximate surface area is 90.2 Å². The zero-order chi connectivity index (χ0) is 11.5. The predicted molar refractivity (Wildman–Crippen MR) is 56.6 cm³/mol. The lowest BCUT2D eigenvalue weighted by atomic mass is 9.95. The van der Waals surface area contributed by atoms with Crippen LogP contribution in [0.15, 0.2) is 0 Å². The minimum Gasteiger partial charge on any atom is -0.444 e. The van der Waals surface area contributed by atoms with Gasteiger partial charge in [-0.25, -0.2) is 4.79 Å². The monoisotopic (exact) mass is 216 g/mol. The molecule has 1 saturated heterocycles. The summed E-state index contributed by atoms with van der Waals surface area (Å²) in [6, 6.07) is -0.207. The molecular formula is C10H20N2O3. The summed E-state index contributed by atoms with van der Waals surface area (Å²) in [5, 5.41) is 14.9. The molecule has 3 N–H and O–H groups in total. The summed E-state index contributed by atoms with van der Waals surface area (Å²) < 4.78 is 5.11. The first-order chi connectivity index (χ1) is 6.92. The minimum atomic E-state index is -0.498. The molecule has 1 rings (SSSR count). The number of aliphatic hydroxyl groups is 1. The fourth-order valence-electron chi connectivity index (χ4n) is 1.37. The molecule has 1 amide bonds. The zero-order valence-corrected chi connectivity index (χ0v) is 9.54. The summed E-state index contributed by atoms with van der Waals surface area (Å²) in [4.78, 5) is 11.4. The van der Waals surface area contributed by atoms with E-state index in [1.165, 1.54) is 0 Å². The largest absolute Gasteiger partial charge is 0.444 e. The highest BCUT2D eigenvalue weighted by atomic mass is 16.6. The highest BCUT2D eigenvalue weighted by Gasteiger charge is 2.29. The van der Waals surface area contributed by atoms with Crippen LogP contribution >= 0.6 is 0 Å². The van der Waals surface area contributed by atoms with Crippen molar-refractivity contribution in [2.24, 2.45) is 5.92 Å². The van der Waals surface area contributed by atoms with Crippen LogP contribution in [0.4, 0.5) is 4.79 Å². The number of alkyl carbamates (subject to hydrolysis) is 1. The second kappa shape index (κ2) is 4.81. The van der Waals surface area contributed by atoms with Gasteiger partial charge in [-0.2, -0.15) is 0 Å². The molecule has 0 aliphatic carbocycles. The third kappa shape index (κ3) is 4.05. The van der Waals surface area contributed by atoms with Crippen LogP contribution < -0.4 is 10.6 Å². The Morgan fingerprint density at radius 2 is 2.20 bits per heavy atom. The van der Waals surface area contributed by atoms with Gasteiger partial charge in [0, 0.05) is 19.0 Å². The van der Waals surface area contributed by atoms with Crippen molar-refractivity contribution < 1.29 is 14.6 Å². The van der Waals surface area contributed by atoms with E-state index in [0.717, 1.165) is 13.1 Å². The Morgan fingerprint density at radius 1 is 1.60 bits per heavy atom. The van der Waals surface area contributed by atoms with E-state index < -0.39 is 11.7 Å². The van der Waals surface area contributed by atoms with E-state index >= 15 is 0 Å². The molecule has 0 aromatic rings. The van der Waals surface area contributed by atoms with Crippen molar-refractivity contribution in [3.8, 4) is 0 Å². The molecule has 1 unspecified atom stereocenters. The van der Waals surface area contributed by atoms with Gasteiger partial charge >= 0.3 is 6.09 Å². The zero-order valence-electron chi connectivity index (χ0n) is 9.54. The van der Waals surface area contributed by atoms with E-state index in [4.69, 9.17) is 9.84 Å². The number of hydrogen-bond donors (Lipinski definition) is 3. The Morgan fingerprint density at radius 3 is 2.53 bits per heavy atom. The van der Waals surface area contributed by atoms with Crippen LogP contribution in [0.3, 0.4) is 0 Å². The summed E-state index contributed by atoms with van der Waals surface area (Å²) in [6.45, 7) is 7.05. The molecule has 5 heteroatoms. The number of aliphatic hydroxyl groups excluding tert-OH is 1. The van der Waals surface area contributed by atoms with Crippen molar-refractivity contribution in [2.75, 3.05) is 19.7 Å². The van der Waals surface area contributed by atoms with E-state index in [9.17, 15) is 4.79 Å². The molecule has 1 aliphatic rings. The number of carbonyl (C=O) groups is 1. The van der Waals surface area contributed by atoms with Gasteiger partial charge in [0.25, 0.3) is 0 Å². The van der Waals surface area contributed by atoms with Crippen LogP contribution in [0, 0.1) is 5.92 Å². The van der Waals surface area contributed by atoms with E-state index in [0.29, 0.717) is 5.92 Å². The van der Waals surface area contributed by atoms with E-state index in [-0.39, 0.29) is 12.6 Å².